The molecule has 1 fully saturated rings. The fourth-order valence-corrected chi connectivity index (χ4v) is 3.46. The molecule has 0 saturated carbocycles. The van der Waals surface area contributed by atoms with E-state index in [-0.39, 0.29) is 0 Å². The van der Waals surface area contributed by atoms with Crippen LogP contribution in [0.25, 0.3) is 5.65 Å². The summed E-state index contributed by atoms with van der Waals surface area (Å²) in [6, 6.07) is 3.58. The number of thioether (sulfide) groups is 1. The SMILES string of the molecule is O=Cc1ccn2c(C3CCCCS3)nnc2c1. The molecule has 2 aromatic rings. The molecule has 0 radical (unpaired) electrons. The van der Waals surface area contributed by atoms with Crippen molar-refractivity contribution in [3.63, 3.8) is 0 Å². The summed E-state index contributed by atoms with van der Waals surface area (Å²) in [6.07, 6.45) is 6.46. The maximum Gasteiger partial charge on any atom is 0.161 e. The van der Waals surface area contributed by atoms with E-state index in [9.17, 15) is 4.79 Å². The van der Waals surface area contributed by atoms with Crippen molar-refractivity contribution in [2.75, 3.05) is 5.75 Å². The predicted octanol–water partition coefficient (Wildman–Crippen LogP) is 2.50. The number of hydrogen-bond acceptors (Lipinski definition) is 4. The Labute approximate surface area is 103 Å². The van der Waals surface area contributed by atoms with Crippen LogP contribution >= 0.6 is 11.8 Å². The van der Waals surface area contributed by atoms with E-state index < -0.39 is 0 Å². The molecule has 1 unspecified atom stereocenters. The maximum absolute atomic E-state index is 10.7. The summed E-state index contributed by atoms with van der Waals surface area (Å²) >= 11 is 1.95. The number of hydrogen-bond donors (Lipinski definition) is 0. The quantitative estimate of drug-likeness (QED) is 0.765. The van der Waals surface area contributed by atoms with Gasteiger partial charge in [0, 0.05) is 11.8 Å². The van der Waals surface area contributed by atoms with Crippen LogP contribution < -0.4 is 0 Å². The third-order valence-electron chi connectivity index (χ3n) is 3.06. The molecule has 3 rings (SSSR count). The standard InChI is InChI=1S/C12H13N3OS/c16-8-9-4-5-15-11(7-9)13-14-12(15)10-3-1-2-6-17-10/h4-5,7-8,10H,1-3,6H2. The van der Waals surface area contributed by atoms with Gasteiger partial charge in [0.05, 0.1) is 5.25 Å². The third-order valence-corrected chi connectivity index (χ3v) is 4.44. The molecule has 0 spiro atoms. The molecule has 0 aliphatic carbocycles. The molecule has 3 heterocycles. The zero-order valence-electron chi connectivity index (χ0n) is 9.37. The molecule has 1 aliphatic heterocycles. The molecule has 2 aromatic heterocycles. The molecule has 5 heteroatoms. The summed E-state index contributed by atoms with van der Waals surface area (Å²) < 4.78 is 2.00. The second-order valence-electron chi connectivity index (χ2n) is 4.22. The second kappa shape index (κ2) is 4.49. The number of fused-ring (bicyclic) bond motifs is 1. The normalized spacial score (nSPS) is 20.6. The van der Waals surface area contributed by atoms with E-state index in [1.807, 2.05) is 22.4 Å². The van der Waals surface area contributed by atoms with Crippen LogP contribution in [-0.2, 0) is 0 Å². The van der Waals surface area contributed by atoms with Crippen molar-refractivity contribution in [1.29, 1.82) is 0 Å². The van der Waals surface area contributed by atoms with Crippen molar-refractivity contribution in [1.82, 2.24) is 14.6 Å². The summed E-state index contributed by atoms with van der Waals surface area (Å²) in [5.41, 5.74) is 1.41. The van der Waals surface area contributed by atoms with Gasteiger partial charge < -0.3 is 0 Å². The first-order valence-corrected chi connectivity index (χ1v) is 6.85. The molecule has 0 N–H and O–H groups in total. The van der Waals surface area contributed by atoms with E-state index in [4.69, 9.17) is 0 Å². The summed E-state index contributed by atoms with van der Waals surface area (Å²) in [6.45, 7) is 0. The predicted molar refractivity (Wildman–Crippen MR) is 67.4 cm³/mol. The van der Waals surface area contributed by atoms with Crippen molar-refractivity contribution in [2.45, 2.75) is 24.5 Å². The van der Waals surface area contributed by atoms with Gasteiger partial charge in [-0.2, -0.15) is 11.8 Å². The van der Waals surface area contributed by atoms with Crippen LogP contribution in [-0.4, -0.2) is 26.6 Å². The Morgan fingerprint density at radius 2 is 2.35 bits per heavy atom. The van der Waals surface area contributed by atoms with Gasteiger partial charge in [-0.3, -0.25) is 9.20 Å². The highest BCUT2D eigenvalue weighted by Crippen LogP contribution is 2.37. The molecular weight excluding hydrogens is 234 g/mol. The van der Waals surface area contributed by atoms with Crippen LogP contribution in [0.15, 0.2) is 18.3 Å². The van der Waals surface area contributed by atoms with Crippen LogP contribution in [0.2, 0.25) is 0 Å². The Balaban J connectivity index is 2.02. The lowest BCUT2D eigenvalue weighted by Crippen LogP contribution is -2.06. The van der Waals surface area contributed by atoms with Gasteiger partial charge in [0.15, 0.2) is 11.5 Å². The largest absolute Gasteiger partial charge is 0.298 e. The van der Waals surface area contributed by atoms with Crippen molar-refractivity contribution in [2.24, 2.45) is 0 Å². The molecule has 4 nitrogen and oxygen atoms in total. The zero-order chi connectivity index (χ0) is 11.7. The molecule has 17 heavy (non-hydrogen) atoms. The van der Waals surface area contributed by atoms with E-state index in [2.05, 4.69) is 10.2 Å². The van der Waals surface area contributed by atoms with Crippen molar-refractivity contribution in [3.05, 3.63) is 29.7 Å². The van der Waals surface area contributed by atoms with Gasteiger partial charge in [-0.25, -0.2) is 0 Å². The second-order valence-corrected chi connectivity index (χ2v) is 5.53. The molecule has 0 bridgehead atoms. The van der Waals surface area contributed by atoms with E-state index in [0.717, 1.165) is 17.8 Å². The number of aromatic nitrogens is 3. The fourth-order valence-electron chi connectivity index (χ4n) is 2.16. The third kappa shape index (κ3) is 1.95. The summed E-state index contributed by atoms with van der Waals surface area (Å²) in [5.74, 6) is 2.22. The van der Waals surface area contributed by atoms with Crippen molar-refractivity contribution in [3.8, 4) is 0 Å². The monoisotopic (exact) mass is 247 g/mol. The molecule has 1 atom stereocenters. The van der Waals surface area contributed by atoms with E-state index in [1.165, 1.54) is 25.0 Å². The number of rotatable bonds is 2. The van der Waals surface area contributed by atoms with E-state index in [1.54, 1.807) is 12.1 Å². The lowest BCUT2D eigenvalue weighted by Gasteiger charge is -2.19. The number of nitrogens with zero attached hydrogens (tertiary/aromatic N) is 3. The molecule has 0 amide bonds. The average Bonchev–Trinajstić information content (AvgIpc) is 2.82. The summed E-state index contributed by atoms with van der Waals surface area (Å²) in [7, 11) is 0. The first-order chi connectivity index (χ1) is 8.38. The minimum absolute atomic E-state index is 0.445. The maximum atomic E-state index is 10.7. The van der Waals surface area contributed by atoms with Gasteiger partial charge >= 0.3 is 0 Å². The highest BCUT2D eigenvalue weighted by Gasteiger charge is 2.21. The summed E-state index contributed by atoms with van der Waals surface area (Å²) in [5, 5.41) is 8.86. The van der Waals surface area contributed by atoms with Gasteiger partial charge in [-0.05, 0) is 30.7 Å². The summed E-state index contributed by atoms with van der Waals surface area (Å²) in [4.78, 5) is 10.7. The van der Waals surface area contributed by atoms with Crippen molar-refractivity contribution >= 4 is 23.7 Å². The van der Waals surface area contributed by atoms with Crippen molar-refractivity contribution < 1.29 is 4.79 Å². The minimum atomic E-state index is 0.445. The Kier molecular flexibility index (Phi) is 2.84. The fraction of sp³-hybridized carbons (Fsp3) is 0.417. The lowest BCUT2D eigenvalue weighted by molar-refractivity contribution is 0.112. The average molecular weight is 247 g/mol. The molecule has 1 aliphatic rings. The van der Waals surface area contributed by atoms with Gasteiger partial charge in [-0.15, -0.1) is 10.2 Å². The van der Waals surface area contributed by atoms with Crippen LogP contribution in [0.5, 0.6) is 0 Å². The number of carbonyl (C=O) groups is 1. The van der Waals surface area contributed by atoms with Crippen LogP contribution in [0, 0.1) is 0 Å². The molecule has 88 valence electrons. The van der Waals surface area contributed by atoms with Gasteiger partial charge in [-0.1, -0.05) is 6.42 Å². The highest BCUT2D eigenvalue weighted by molar-refractivity contribution is 7.99. The van der Waals surface area contributed by atoms with Crippen LogP contribution in [0.4, 0.5) is 0 Å². The smallest absolute Gasteiger partial charge is 0.161 e. The van der Waals surface area contributed by atoms with Crippen LogP contribution in [0.1, 0.15) is 40.7 Å². The molecule has 0 aromatic carbocycles. The molecular formula is C12H13N3OS. The Hall–Kier alpha value is -1.36. The Morgan fingerprint density at radius 3 is 3.12 bits per heavy atom. The first-order valence-electron chi connectivity index (χ1n) is 5.80. The topological polar surface area (TPSA) is 47.3 Å². The van der Waals surface area contributed by atoms with Gasteiger partial charge in [0.2, 0.25) is 0 Å². The number of aldehydes is 1. The Bertz CT molecular complexity index is 546. The van der Waals surface area contributed by atoms with Crippen LogP contribution in [0.3, 0.4) is 0 Å². The van der Waals surface area contributed by atoms with Gasteiger partial charge in [0.1, 0.15) is 6.29 Å². The first kappa shape index (κ1) is 10.8. The van der Waals surface area contributed by atoms with E-state index in [0.29, 0.717) is 10.8 Å². The lowest BCUT2D eigenvalue weighted by atomic mass is 10.2. The minimum Gasteiger partial charge on any atom is -0.298 e. The molecule has 1 saturated heterocycles. The number of pyridine rings is 1. The zero-order valence-corrected chi connectivity index (χ0v) is 10.2. The van der Waals surface area contributed by atoms with E-state index >= 15 is 0 Å². The Morgan fingerprint density at radius 1 is 1.41 bits per heavy atom. The van der Waals surface area contributed by atoms with Gasteiger partial charge in [0.25, 0.3) is 0 Å². The highest BCUT2D eigenvalue weighted by atomic mass is 32.2. The number of carbonyl (C=O) groups excluding carboxylic acids is 1.